The van der Waals surface area contributed by atoms with Crippen LogP contribution in [-0.4, -0.2) is 28.6 Å². The number of hydrogen-bond donors (Lipinski definition) is 1. The molecule has 114 valence electrons. The van der Waals surface area contributed by atoms with Crippen LogP contribution >= 0.6 is 27.3 Å². The average Bonchev–Trinajstić information content (AvgIpc) is 2.73. The summed E-state index contributed by atoms with van der Waals surface area (Å²) in [7, 11) is 0. The van der Waals surface area contributed by atoms with Gasteiger partial charge in [0.1, 0.15) is 5.60 Å². The number of likely N-dealkylation sites (tertiary alicyclic amines) is 1. The van der Waals surface area contributed by atoms with E-state index >= 15 is 0 Å². The third kappa shape index (κ3) is 1.71. The molecule has 0 aromatic carbocycles. The molecule has 2 nitrogen and oxygen atoms in total. The number of nitrogens with zero attached hydrogens (tertiary/aromatic N) is 1. The van der Waals surface area contributed by atoms with E-state index in [1.807, 2.05) is 0 Å². The molecule has 4 aliphatic carbocycles. The fourth-order valence-electron chi connectivity index (χ4n) is 5.59. The molecule has 5 fully saturated rings. The van der Waals surface area contributed by atoms with E-state index in [0.29, 0.717) is 17.4 Å². The topological polar surface area (TPSA) is 23.5 Å². The van der Waals surface area contributed by atoms with Crippen LogP contribution in [0, 0.1) is 17.8 Å². The van der Waals surface area contributed by atoms with Crippen LogP contribution in [-0.2, 0) is 5.60 Å². The molecule has 0 spiro atoms. The molecule has 0 radical (unpaired) electrons. The Morgan fingerprint density at radius 3 is 2.29 bits per heavy atom. The predicted molar refractivity (Wildman–Crippen MR) is 88.4 cm³/mol. The van der Waals surface area contributed by atoms with Crippen LogP contribution in [0.3, 0.4) is 0 Å². The summed E-state index contributed by atoms with van der Waals surface area (Å²) in [5.74, 6) is 1.91. The SMILES string of the molecule is O[C@]1(c2ccc(Br)s2)[C@@H]2CCC[C@H]1CN(C13CC(C1)C3)C2. The molecule has 1 saturated heterocycles. The number of rotatable bonds is 2. The van der Waals surface area contributed by atoms with E-state index in [-0.39, 0.29) is 0 Å². The molecule has 3 atom stereocenters. The number of aliphatic hydroxyl groups is 1. The smallest absolute Gasteiger partial charge is 0.107 e. The van der Waals surface area contributed by atoms with Crippen molar-refractivity contribution >= 4 is 27.3 Å². The lowest BCUT2D eigenvalue weighted by molar-refractivity contribution is -0.216. The van der Waals surface area contributed by atoms with E-state index in [4.69, 9.17) is 0 Å². The van der Waals surface area contributed by atoms with Crippen LogP contribution in [0.2, 0.25) is 0 Å². The minimum atomic E-state index is -0.561. The van der Waals surface area contributed by atoms with Crippen LogP contribution < -0.4 is 0 Å². The summed E-state index contributed by atoms with van der Waals surface area (Å²) in [6, 6.07) is 4.25. The van der Waals surface area contributed by atoms with Crippen molar-refractivity contribution in [1.82, 2.24) is 4.90 Å². The highest BCUT2D eigenvalue weighted by Gasteiger charge is 2.63. The lowest BCUT2D eigenvalue weighted by Crippen LogP contribution is -2.73. The van der Waals surface area contributed by atoms with E-state index in [0.717, 1.165) is 22.8 Å². The first kappa shape index (κ1) is 13.5. The molecule has 5 aliphatic rings. The summed E-state index contributed by atoms with van der Waals surface area (Å²) < 4.78 is 1.14. The molecule has 1 N–H and O–H groups in total. The molecule has 2 heterocycles. The number of halogens is 1. The highest BCUT2D eigenvalue weighted by molar-refractivity contribution is 9.11. The van der Waals surface area contributed by atoms with Gasteiger partial charge < -0.3 is 5.11 Å². The third-order valence-electron chi connectivity index (χ3n) is 6.88. The zero-order valence-electron chi connectivity index (χ0n) is 12.2. The normalized spacial score (nSPS) is 48.6. The van der Waals surface area contributed by atoms with Gasteiger partial charge in [-0.25, -0.2) is 0 Å². The Balaban J connectivity index is 1.48. The maximum Gasteiger partial charge on any atom is 0.107 e. The zero-order chi connectivity index (χ0) is 14.2. The van der Waals surface area contributed by atoms with Gasteiger partial charge in [0.2, 0.25) is 0 Å². The number of fused-ring (bicyclic) bond motifs is 2. The third-order valence-corrected chi connectivity index (χ3v) is 8.64. The molecule has 4 saturated carbocycles. The Hall–Kier alpha value is 0.1000. The van der Waals surface area contributed by atoms with Crippen molar-refractivity contribution in [3.05, 3.63) is 20.8 Å². The van der Waals surface area contributed by atoms with Crippen LogP contribution in [0.25, 0.3) is 0 Å². The van der Waals surface area contributed by atoms with E-state index in [9.17, 15) is 5.11 Å². The fraction of sp³-hybridized carbons (Fsp3) is 0.765. The van der Waals surface area contributed by atoms with Gasteiger partial charge in [0, 0.05) is 35.3 Å². The summed E-state index contributed by atoms with van der Waals surface area (Å²) in [5, 5.41) is 11.6. The molecular formula is C17H22BrNOS. The van der Waals surface area contributed by atoms with E-state index in [1.165, 1.54) is 43.4 Å². The van der Waals surface area contributed by atoms with E-state index in [1.54, 1.807) is 11.3 Å². The van der Waals surface area contributed by atoms with Crippen molar-refractivity contribution < 1.29 is 5.11 Å². The number of thiophene rings is 1. The van der Waals surface area contributed by atoms with Gasteiger partial charge in [-0.05, 0) is 66.1 Å². The van der Waals surface area contributed by atoms with Crippen molar-refractivity contribution in [2.75, 3.05) is 13.1 Å². The molecular weight excluding hydrogens is 346 g/mol. The minimum absolute atomic E-state index is 0.435. The van der Waals surface area contributed by atoms with Crippen LogP contribution in [0.1, 0.15) is 43.4 Å². The molecule has 6 rings (SSSR count). The highest BCUT2D eigenvalue weighted by atomic mass is 79.9. The maximum absolute atomic E-state index is 11.6. The van der Waals surface area contributed by atoms with Gasteiger partial charge in [0.05, 0.1) is 3.79 Å². The van der Waals surface area contributed by atoms with E-state index in [2.05, 4.69) is 33.0 Å². The first-order valence-electron chi connectivity index (χ1n) is 8.33. The Kier molecular flexibility index (Phi) is 2.80. The fourth-order valence-corrected chi connectivity index (χ4v) is 7.23. The molecule has 1 aromatic rings. The first-order valence-corrected chi connectivity index (χ1v) is 9.94. The second-order valence-corrected chi connectivity index (χ2v) is 10.3. The summed E-state index contributed by atoms with van der Waals surface area (Å²) in [6.45, 7) is 2.24. The molecule has 4 bridgehead atoms. The van der Waals surface area contributed by atoms with Crippen LogP contribution in [0.15, 0.2) is 15.9 Å². The van der Waals surface area contributed by atoms with Gasteiger partial charge in [0.25, 0.3) is 0 Å². The van der Waals surface area contributed by atoms with Crippen molar-refractivity contribution in [2.45, 2.75) is 49.7 Å². The van der Waals surface area contributed by atoms with E-state index < -0.39 is 5.60 Å². The molecule has 1 aromatic heterocycles. The number of hydrogen-bond acceptors (Lipinski definition) is 3. The predicted octanol–water partition coefficient (Wildman–Crippen LogP) is 3.98. The second-order valence-electron chi connectivity index (χ2n) is 7.86. The Labute approximate surface area is 138 Å². The minimum Gasteiger partial charge on any atom is -0.384 e. The van der Waals surface area contributed by atoms with Gasteiger partial charge in [-0.3, -0.25) is 4.90 Å². The highest BCUT2D eigenvalue weighted by Crippen LogP contribution is 2.63. The Morgan fingerprint density at radius 1 is 1.14 bits per heavy atom. The quantitative estimate of drug-likeness (QED) is 0.854. The monoisotopic (exact) mass is 367 g/mol. The molecule has 4 heteroatoms. The second kappa shape index (κ2) is 4.34. The van der Waals surface area contributed by atoms with Gasteiger partial charge in [-0.15, -0.1) is 11.3 Å². The van der Waals surface area contributed by atoms with Gasteiger partial charge in [-0.2, -0.15) is 0 Å². The van der Waals surface area contributed by atoms with Crippen molar-refractivity contribution in [1.29, 1.82) is 0 Å². The van der Waals surface area contributed by atoms with Crippen LogP contribution in [0.4, 0.5) is 0 Å². The van der Waals surface area contributed by atoms with Gasteiger partial charge >= 0.3 is 0 Å². The Bertz CT molecular complexity index is 554. The molecule has 0 amide bonds. The molecule has 0 unspecified atom stereocenters. The standard InChI is InChI=1S/C17H22BrNOS/c18-15-5-4-14(21-15)17(20)12-2-1-3-13(17)10-19(9-12)16-6-11(7-16)8-16/h4-5,11-13,20H,1-3,6-10H2/t11?,12-,13+,16?,17-. The Morgan fingerprint density at radius 2 is 1.81 bits per heavy atom. The van der Waals surface area contributed by atoms with Crippen molar-refractivity contribution in [2.24, 2.45) is 17.8 Å². The zero-order valence-corrected chi connectivity index (χ0v) is 14.6. The lowest BCUT2D eigenvalue weighted by Gasteiger charge is -2.70. The summed E-state index contributed by atoms with van der Waals surface area (Å²) in [4.78, 5) is 3.97. The molecule has 21 heavy (non-hydrogen) atoms. The largest absolute Gasteiger partial charge is 0.384 e. The first-order chi connectivity index (χ1) is 10.1. The maximum atomic E-state index is 11.6. The summed E-state index contributed by atoms with van der Waals surface area (Å²) in [5.41, 5.74) is 0.00480. The molecule has 1 aliphatic heterocycles. The lowest BCUT2D eigenvalue weighted by atomic mass is 9.48. The van der Waals surface area contributed by atoms with Crippen molar-refractivity contribution in [3.8, 4) is 0 Å². The van der Waals surface area contributed by atoms with Gasteiger partial charge in [0.15, 0.2) is 0 Å². The van der Waals surface area contributed by atoms with Gasteiger partial charge in [-0.1, -0.05) is 6.42 Å². The van der Waals surface area contributed by atoms with Crippen LogP contribution in [0.5, 0.6) is 0 Å². The average molecular weight is 368 g/mol. The summed E-state index contributed by atoms with van der Waals surface area (Å²) >= 11 is 5.31. The summed E-state index contributed by atoms with van der Waals surface area (Å²) in [6.07, 6.45) is 8.00. The van der Waals surface area contributed by atoms with Crippen molar-refractivity contribution in [3.63, 3.8) is 0 Å². The number of piperidine rings is 1.